The third-order valence-corrected chi connectivity index (χ3v) is 4.32. The van der Waals surface area contributed by atoms with Crippen molar-refractivity contribution in [2.24, 2.45) is 4.99 Å². The summed E-state index contributed by atoms with van der Waals surface area (Å²) in [6, 6.07) is 5.85. The molecular formula is C20H33IN4O4. The Labute approximate surface area is 190 Å². The first-order chi connectivity index (χ1) is 13.3. The molecule has 2 N–H and O–H groups in total. The van der Waals surface area contributed by atoms with E-state index in [-0.39, 0.29) is 36.1 Å². The van der Waals surface area contributed by atoms with Gasteiger partial charge >= 0.3 is 6.09 Å². The minimum absolute atomic E-state index is 0. The molecule has 0 radical (unpaired) electrons. The van der Waals surface area contributed by atoms with E-state index in [0.29, 0.717) is 24.6 Å². The molecule has 1 saturated heterocycles. The van der Waals surface area contributed by atoms with Gasteiger partial charge in [0.15, 0.2) is 17.5 Å². The summed E-state index contributed by atoms with van der Waals surface area (Å²) in [6.45, 7) is 7.67. The molecule has 29 heavy (non-hydrogen) atoms. The van der Waals surface area contributed by atoms with Gasteiger partial charge < -0.3 is 29.7 Å². The largest absolute Gasteiger partial charge is 0.493 e. The van der Waals surface area contributed by atoms with E-state index >= 15 is 0 Å². The fraction of sp³-hybridized carbons (Fsp3) is 0.600. The van der Waals surface area contributed by atoms with Crippen molar-refractivity contribution in [3.05, 3.63) is 23.8 Å². The number of likely N-dealkylation sites (tertiary alicyclic amines) is 1. The number of hydrogen-bond donors (Lipinski definition) is 2. The summed E-state index contributed by atoms with van der Waals surface area (Å²) < 4.78 is 16.0. The van der Waals surface area contributed by atoms with Crippen molar-refractivity contribution in [2.75, 3.05) is 34.4 Å². The number of nitrogens with one attached hydrogen (secondary N) is 2. The number of carbonyl (C=O) groups excluding carboxylic acids is 1. The smallest absolute Gasteiger partial charge is 0.407 e. The molecule has 1 aliphatic heterocycles. The summed E-state index contributed by atoms with van der Waals surface area (Å²) in [6.07, 6.45) is 0.462. The van der Waals surface area contributed by atoms with Crippen molar-refractivity contribution in [3.63, 3.8) is 0 Å². The second-order valence-electron chi connectivity index (χ2n) is 7.67. The second-order valence-corrected chi connectivity index (χ2v) is 7.67. The van der Waals surface area contributed by atoms with E-state index in [4.69, 9.17) is 14.2 Å². The molecule has 1 fully saturated rings. The maximum absolute atomic E-state index is 12.0. The van der Waals surface area contributed by atoms with Gasteiger partial charge in [-0.15, -0.1) is 24.0 Å². The highest BCUT2D eigenvalue weighted by atomic mass is 127. The maximum atomic E-state index is 12.0. The van der Waals surface area contributed by atoms with Crippen molar-refractivity contribution < 1.29 is 19.0 Å². The Kier molecular flexibility index (Phi) is 9.81. The molecule has 0 spiro atoms. The number of carbonyl (C=O) groups is 1. The van der Waals surface area contributed by atoms with Crippen LogP contribution in [-0.2, 0) is 11.3 Å². The van der Waals surface area contributed by atoms with Crippen LogP contribution in [0.5, 0.6) is 11.5 Å². The first-order valence-corrected chi connectivity index (χ1v) is 9.41. The molecule has 164 valence electrons. The van der Waals surface area contributed by atoms with Gasteiger partial charge in [0.1, 0.15) is 5.60 Å². The predicted molar refractivity (Wildman–Crippen MR) is 125 cm³/mol. The number of hydrogen-bond acceptors (Lipinski definition) is 5. The van der Waals surface area contributed by atoms with E-state index in [9.17, 15) is 4.79 Å². The lowest BCUT2D eigenvalue weighted by Crippen LogP contribution is -2.44. The number of guanidine groups is 1. The number of nitrogens with zero attached hydrogens (tertiary/aromatic N) is 2. The zero-order valence-electron chi connectivity index (χ0n) is 18.1. The average molecular weight is 520 g/mol. The summed E-state index contributed by atoms with van der Waals surface area (Å²) in [5, 5.41) is 6.29. The monoisotopic (exact) mass is 520 g/mol. The van der Waals surface area contributed by atoms with Gasteiger partial charge in [-0.3, -0.25) is 4.99 Å². The van der Waals surface area contributed by atoms with Crippen LogP contribution in [0.25, 0.3) is 0 Å². The number of amides is 1. The second kappa shape index (κ2) is 11.3. The number of aliphatic imine (C=N–C) groups is 1. The van der Waals surface area contributed by atoms with Gasteiger partial charge in [0, 0.05) is 26.7 Å². The van der Waals surface area contributed by atoms with Crippen LogP contribution in [0.1, 0.15) is 32.8 Å². The molecule has 0 saturated carbocycles. The molecule has 0 bridgehead atoms. The molecule has 2 rings (SSSR count). The van der Waals surface area contributed by atoms with Gasteiger partial charge in [-0.25, -0.2) is 4.79 Å². The first-order valence-electron chi connectivity index (χ1n) is 9.41. The molecule has 1 heterocycles. The van der Waals surface area contributed by atoms with Crippen molar-refractivity contribution in [3.8, 4) is 11.5 Å². The van der Waals surface area contributed by atoms with Gasteiger partial charge in [-0.2, -0.15) is 0 Å². The Bertz CT molecular complexity index is 706. The fourth-order valence-electron chi connectivity index (χ4n) is 3.05. The van der Waals surface area contributed by atoms with Crippen LogP contribution in [0.2, 0.25) is 0 Å². The normalized spacial score (nSPS) is 16.7. The number of ether oxygens (including phenoxy) is 3. The van der Waals surface area contributed by atoms with Crippen LogP contribution in [0.3, 0.4) is 0 Å². The van der Waals surface area contributed by atoms with E-state index in [1.807, 2.05) is 39.0 Å². The highest BCUT2D eigenvalue weighted by Crippen LogP contribution is 2.27. The lowest BCUT2D eigenvalue weighted by molar-refractivity contribution is 0.0507. The number of halogens is 1. The highest BCUT2D eigenvalue weighted by molar-refractivity contribution is 14.0. The minimum atomic E-state index is -0.501. The average Bonchev–Trinajstić information content (AvgIpc) is 3.08. The quantitative estimate of drug-likeness (QED) is 0.353. The lowest BCUT2D eigenvalue weighted by Gasteiger charge is -2.23. The van der Waals surface area contributed by atoms with Gasteiger partial charge in [-0.1, -0.05) is 6.07 Å². The molecule has 1 aromatic rings. The Morgan fingerprint density at radius 3 is 2.52 bits per heavy atom. The molecule has 9 heteroatoms. The molecule has 1 aliphatic rings. The topological polar surface area (TPSA) is 84.4 Å². The molecule has 1 unspecified atom stereocenters. The zero-order chi connectivity index (χ0) is 20.7. The summed E-state index contributed by atoms with van der Waals surface area (Å²) in [5.74, 6) is 2.19. The number of alkyl carbamates (subject to hydrolysis) is 1. The highest BCUT2D eigenvalue weighted by Gasteiger charge is 2.27. The Morgan fingerprint density at radius 2 is 1.93 bits per heavy atom. The Hall–Kier alpha value is -1.91. The predicted octanol–water partition coefficient (Wildman–Crippen LogP) is 3.00. The van der Waals surface area contributed by atoms with E-state index in [1.54, 1.807) is 21.3 Å². The summed E-state index contributed by atoms with van der Waals surface area (Å²) in [7, 11) is 4.99. The van der Waals surface area contributed by atoms with Crippen molar-refractivity contribution in [2.45, 2.75) is 45.4 Å². The van der Waals surface area contributed by atoms with E-state index in [1.165, 1.54) is 0 Å². The van der Waals surface area contributed by atoms with Crippen molar-refractivity contribution >= 4 is 36.0 Å². The van der Waals surface area contributed by atoms with Gasteiger partial charge in [0.2, 0.25) is 0 Å². The van der Waals surface area contributed by atoms with Gasteiger partial charge in [0.25, 0.3) is 0 Å². The molecule has 1 atom stereocenters. The van der Waals surface area contributed by atoms with Crippen LogP contribution in [-0.4, -0.2) is 63.0 Å². The third-order valence-electron chi connectivity index (χ3n) is 4.32. The SMILES string of the molecule is CN=C(NCc1ccc(OC)c(OC)c1)N1CCC(NC(=O)OC(C)(C)C)C1.I. The van der Waals surface area contributed by atoms with Crippen LogP contribution in [0, 0.1) is 0 Å². The van der Waals surface area contributed by atoms with Crippen LogP contribution >= 0.6 is 24.0 Å². The summed E-state index contributed by atoms with van der Waals surface area (Å²) in [4.78, 5) is 18.5. The molecular weight excluding hydrogens is 487 g/mol. The molecule has 8 nitrogen and oxygen atoms in total. The van der Waals surface area contributed by atoms with E-state index in [0.717, 1.165) is 24.5 Å². The standard InChI is InChI=1S/C20H32N4O4.HI/c1-20(2,3)28-19(25)23-15-9-10-24(13-15)18(21-4)22-12-14-7-8-16(26-5)17(11-14)27-6;/h7-8,11,15H,9-10,12-13H2,1-6H3,(H,21,22)(H,23,25);1H. The molecule has 0 aromatic heterocycles. The number of rotatable bonds is 5. The molecule has 1 amide bonds. The third kappa shape index (κ3) is 7.79. The van der Waals surface area contributed by atoms with Crippen molar-refractivity contribution in [1.29, 1.82) is 0 Å². The van der Waals surface area contributed by atoms with E-state index in [2.05, 4.69) is 20.5 Å². The minimum Gasteiger partial charge on any atom is -0.493 e. The Balaban J connectivity index is 0.00000420. The van der Waals surface area contributed by atoms with Gasteiger partial charge in [-0.05, 0) is 44.9 Å². The Morgan fingerprint density at radius 1 is 1.24 bits per heavy atom. The molecule has 1 aromatic carbocycles. The number of methoxy groups -OCH3 is 2. The summed E-state index contributed by atoms with van der Waals surface area (Å²) >= 11 is 0. The molecule has 0 aliphatic carbocycles. The maximum Gasteiger partial charge on any atom is 0.407 e. The number of benzene rings is 1. The zero-order valence-corrected chi connectivity index (χ0v) is 20.4. The van der Waals surface area contributed by atoms with Crippen LogP contribution in [0.4, 0.5) is 4.79 Å². The fourth-order valence-corrected chi connectivity index (χ4v) is 3.05. The summed E-state index contributed by atoms with van der Waals surface area (Å²) in [5.41, 5.74) is 0.556. The van der Waals surface area contributed by atoms with Crippen molar-refractivity contribution in [1.82, 2.24) is 15.5 Å². The van der Waals surface area contributed by atoms with Crippen LogP contribution < -0.4 is 20.1 Å². The van der Waals surface area contributed by atoms with Crippen LogP contribution in [0.15, 0.2) is 23.2 Å². The van der Waals surface area contributed by atoms with E-state index < -0.39 is 5.60 Å². The lowest BCUT2D eigenvalue weighted by atomic mass is 10.2. The first kappa shape index (κ1) is 25.1. The van der Waals surface area contributed by atoms with Gasteiger partial charge in [0.05, 0.1) is 20.3 Å².